The van der Waals surface area contributed by atoms with Crippen LogP contribution in [-0.4, -0.2) is 39.2 Å². The van der Waals surface area contributed by atoms with Gasteiger partial charge in [0.2, 0.25) is 0 Å². The third-order valence-electron chi connectivity index (χ3n) is 12.3. The molecule has 0 radical (unpaired) electrons. The molecular weight excluding hydrogens is 428 g/mol. The van der Waals surface area contributed by atoms with Crippen LogP contribution in [0.5, 0.6) is 0 Å². The Kier molecular flexibility index (Phi) is 5.84. The van der Waals surface area contributed by atoms with E-state index in [2.05, 4.69) is 48.5 Å². The van der Waals surface area contributed by atoms with Gasteiger partial charge in [0.05, 0.1) is 19.3 Å². The van der Waals surface area contributed by atoms with Crippen LogP contribution >= 0.6 is 0 Å². The topological polar surface area (TPSA) is 44.8 Å². The van der Waals surface area contributed by atoms with Crippen LogP contribution in [0, 0.1) is 39.9 Å². The lowest BCUT2D eigenvalue weighted by Crippen LogP contribution is -2.64. The van der Waals surface area contributed by atoms with Crippen LogP contribution in [0.3, 0.4) is 0 Å². The predicted octanol–water partition coefficient (Wildman–Crippen LogP) is 6.59. The third-order valence-corrected chi connectivity index (χ3v) is 17.0. The van der Waals surface area contributed by atoms with Gasteiger partial charge < -0.3 is 13.9 Å². The maximum atomic E-state index is 14.5. The SMILES string of the molecule is CC[Si](CC)(CC)OC1C2C[C@@H](C)[C@]1(C)CC(=O)[C@@]1(C)C3C4(CCC23CC[C@H]1C)OCCO4. The van der Waals surface area contributed by atoms with Gasteiger partial charge in [-0.2, -0.15) is 0 Å². The minimum absolute atomic E-state index is 0.0665. The molecule has 0 aromatic carbocycles. The van der Waals surface area contributed by atoms with Crippen molar-refractivity contribution in [3.63, 3.8) is 0 Å². The highest BCUT2D eigenvalue weighted by atomic mass is 28.4. The Bertz CT molecular complexity index is 781. The second-order valence-electron chi connectivity index (χ2n) is 13.0. The summed E-state index contributed by atoms with van der Waals surface area (Å²) < 4.78 is 20.5. The summed E-state index contributed by atoms with van der Waals surface area (Å²) in [7, 11) is -1.82. The van der Waals surface area contributed by atoms with E-state index in [4.69, 9.17) is 13.9 Å². The number of carbonyl (C=O) groups is 1. The number of Topliss-reactive ketones (excluding diaryl/α,β-unsaturated/α-hetero) is 1. The van der Waals surface area contributed by atoms with Crippen LogP contribution in [-0.2, 0) is 18.7 Å². The molecule has 4 aliphatic carbocycles. The van der Waals surface area contributed by atoms with Crippen molar-refractivity contribution in [1.29, 1.82) is 0 Å². The van der Waals surface area contributed by atoms with E-state index in [1.54, 1.807) is 0 Å². The van der Waals surface area contributed by atoms with Crippen LogP contribution < -0.4 is 0 Å². The molecule has 4 saturated carbocycles. The van der Waals surface area contributed by atoms with Crippen LogP contribution in [0.25, 0.3) is 0 Å². The number of ketones is 1. The second-order valence-corrected chi connectivity index (χ2v) is 17.8. The molecule has 0 amide bonds. The van der Waals surface area contributed by atoms with Crippen LogP contribution in [0.4, 0.5) is 0 Å². The number of hydrogen-bond donors (Lipinski definition) is 0. The van der Waals surface area contributed by atoms with E-state index in [0.29, 0.717) is 43.2 Å². The summed E-state index contributed by atoms with van der Waals surface area (Å²) in [6.07, 6.45) is 6.44. The molecule has 4 nitrogen and oxygen atoms in total. The Morgan fingerprint density at radius 3 is 2.21 bits per heavy atom. The van der Waals surface area contributed by atoms with Gasteiger partial charge in [0.1, 0.15) is 5.78 Å². The zero-order valence-corrected chi connectivity index (χ0v) is 23.3. The van der Waals surface area contributed by atoms with Crippen molar-refractivity contribution in [1.82, 2.24) is 0 Å². The van der Waals surface area contributed by atoms with Crippen molar-refractivity contribution in [3.05, 3.63) is 0 Å². The third kappa shape index (κ3) is 3.01. The molecule has 5 aliphatic rings. The van der Waals surface area contributed by atoms with Crippen molar-refractivity contribution in [3.8, 4) is 0 Å². The molecule has 33 heavy (non-hydrogen) atoms. The predicted molar refractivity (Wildman–Crippen MR) is 133 cm³/mol. The summed E-state index contributed by atoms with van der Waals surface area (Å²) in [6.45, 7) is 17.8. The highest BCUT2D eigenvalue weighted by Crippen LogP contribution is 2.75. The molecule has 8 atom stereocenters. The standard InChI is InChI=1S/C28H48O4Si/c1-8-33(9-2,10-3)32-23-21-17-20(5)25(23,6)18-22(29)26(7)19(4)11-12-27(21)13-14-28(24(26)27)30-15-16-31-28/h19-21,23-24H,8-18H2,1-7H3/t19-,20-,21?,23?,24?,25+,26+,27?/m1/s1. The highest BCUT2D eigenvalue weighted by molar-refractivity contribution is 6.73. The number of ether oxygens (including phenoxy) is 2. The van der Waals surface area contributed by atoms with E-state index in [0.717, 1.165) is 19.3 Å². The molecule has 1 spiro atoms. The fourth-order valence-electron chi connectivity index (χ4n) is 9.68. The quantitative estimate of drug-likeness (QED) is 0.420. The van der Waals surface area contributed by atoms with E-state index in [1.165, 1.54) is 31.0 Å². The first-order valence-corrected chi connectivity index (χ1v) is 16.6. The van der Waals surface area contributed by atoms with Crippen molar-refractivity contribution in [2.24, 2.45) is 39.9 Å². The summed E-state index contributed by atoms with van der Waals surface area (Å²) in [5.41, 5.74) is -0.348. The van der Waals surface area contributed by atoms with Crippen LogP contribution in [0.15, 0.2) is 0 Å². The van der Waals surface area contributed by atoms with Crippen LogP contribution in [0.1, 0.15) is 87.0 Å². The van der Waals surface area contributed by atoms with Crippen LogP contribution in [0.2, 0.25) is 18.1 Å². The van der Waals surface area contributed by atoms with Gasteiger partial charge in [-0.15, -0.1) is 0 Å². The van der Waals surface area contributed by atoms with E-state index < -0.39 is 14.1 Å². The molecule has 1 aliphatic heterocycles. The Hall–Kier alpha value is -0.233. The first kappa shape index (κ1) is 24.5. The normalized spacial score (nSPS) is 48.7. The van der Waals surface area contributed by atoms with Gasteiger partial charge in [-0.1, -0.05) is 48.5 Å². The summed E-state index contributed by atoms with van der Waals surface area (Å²) >= 11 is 0. The Morgan fingerprint density at radius 2 is 1.61 bits per heavy atom. The van der Waals surface area contributed by atoms with Gasteiger partial charge in [0.25, 0.3) is 0 Å². The van der Waals surface area contributed by atoms with Crippen molar-refractivity contribution < 1.29 is 18.7 Å². The van der Waals surface area contributed by atoms with Gasteiger partial charge in [-0.3, -0.25) is 4.79 Å². The van der Waals surface area contributed by atoms with Crippen molar-refractivity contribution in [2.75, 3.05) is 13.2 Å². The van der Waals surface area contributed by atoms with Crippen molar-refractivity contribution >= 4 is 14.1 Å². The van der Waals surface area contributed by atoms with Gasteiger partial charge in [-0.05, 0) is 67.0 Å². The molecule has 4 unspecified atom stereocenters. The number of hydrogen-bond acceptors (Lipinski definition) is 4. The number of rotatable bonds is 5. The van der Waals surface area contributed by atoms with Gasteiger partial charge in [-0.25, -0.2) is 0 Å². The maximum absolute atomic E-state index is 14.5. The minimum atomic E-state index is -1.82. The number of carbonyl (C=O) groups excluding carboxylic acids is 1. The molecule has 0 aromatic rings. The lowest BCUT2D eigenvalue weighted by Gasteiger charge is -2.61. The zero-order chi connectivity index (χ0) is 23.9. The molecule has 0 aromatic heterocycles. The average Bonchev–Trinajstić information content (AvgIpc) is 3.47. The molecule has 4 bridgehead atoms. The van der Waals surface area contributed by atoms with Gasteiger partial charge in [0.15, 0.2) is 14.1 Å². The van der Waals surface area contributed by atoms with Gasteiger partial charge in [0, 0.05) is 29.6 Å². The summed E-state index contributed by atoms with van der Waals surface area (Å²) in [5.74, 6) is 1.44. The second kappa shape index (κ2) is 7.88. The zero-order valence-electron chi connectivity index (χ0n) is 22.3. The van der Waals surface area contributed by atoms with E-state index >= 15 is 0 Å². The number of fused-ring (bicyclic) bond motifs is 2. The molecule has 1 heterocycles. The fourth-order valence-corrected chi connectivity index (χ4v) is 12.6. The largest absolute Gasteiger partial charge is 0.413 e. The monoisotopic (exact) mass is 476 g/mol. The van der Waals surface area contributed by atoms with Gasteiger partial charge >= 0.3 is 0 Å². The Morgan fingerprint density at radius 1 is 0.970 bits per heavy atom. The summed E-state index contributed by atoms with van der Waals surface area (Å²) in [6, 6.07) is 3.51. The molecular formula is C28H48O4Si. The smallest absolute Gasteiger partial charge is 0.192 e. The van der Waals surface area contributed by atoms with Crippen molar-refractivity contribution in [2.45, 2.75) is 117 Å². The van der Waals surface area contributed by atoms with E-state index in [1.807, 2.05) is 0 Å². The summed E-state index contributed by atoms with van der Waals surface area (Å²) in [5, 5.41) is 0. The Balaban J connectivity index is 1.69. The lowest BCUT2D eigenvalue weighted by atomic mass is 9.45. The molecule has 188 valence electrons. The molecule has 5 fully saturated rings. The average molecular weight is 477 g/mol. The Labute approximate surface area is 203 Å². The fraction of sp³-hybridized carbons (Fsp3) is 0.964. The lowest BCUT2D eigenvalue weighted by molar-refractivity contribution is -0.252. The highest BCUT2D eigenvalue weighted by Gasteiger charge is 2.76. The molecule has 1 saturated heterocycles. The molecule has 0 N–H and O–H groups in total. The summed E-state index contributed by atoms with van der Waals surface area (Å²) in [4.78, 5) is 14.5. The maximum Gasteiger partial charge on any atom is 0.192 e. The van der Waals surface area contributed by atoms with E-state index in [9.17, 15) is 4.79 Å². The van der Waals surface area contributed by atoms with E-state index in [-0.39, 0.29) is 28.3 Å². The minimum Gasteiger partial charge on any atom is -0.413 e. The molecule has 5 heteroatoms. The molecule has 5 rings (SSSR count). The first-order chi connectivity index (χ1) is 15.6. The first-order valence-electron chi connectivity index (χ1n) is 14.1.